The zero-order valence-corrected chi connectivity index (χ0v) is 24.7. The van der Waals surface area contributed by atoms with Gasteiger partial charge in [0.15, 0.2) is 0 Å². The molecule has 4 aliphatic rings. The van der Waals surface area contributed by atoms with E-state index in [-0.39, 0.29) is 11.1 Å². The molecule has 41 heavy (non-hydrogen) atoms. The highest BCUT2D eigenvalue weighted by Crippen LogP contribution is 2.77. The van der Waals surface area contributed by atoms with Crippen molar-refractivity contribution in [3.8, 4) is 11.5 Å². The summed E-state index contributed by atoms with van der Waals surface area (Å²) in [4.78, 5) is 1.15. The molecule has 10 heteroatoms. The van der Waals surface area contributed by atoms with Crippen molar-refractivity contribution in [1.29, 1.82) is 0 Å². The van der Waals surface area contributed by atoms with Crippen LogP contribution in [0.3, 0.4) is 0 Å². The molecule has 2 nitrogen and oxygen atoms in total. The fourth-order valence-corrected chi connectivity index (χ4v) is 9.95. The van der Waals surface area contributed by atoms with E-state index in [1.807, 2.05) is 0 Å². The lowest BCUT2D eigenvalue weighted by molar-refractivity contribution is -0.258. The Morgan fingerprint density at radius 2 is 0.854 bits per heavy atom. The third-order valence-corrected chi connectivity index (χ3v) is 12.4. The van der Waals surface area contributed by atoms with E-state index in [1.54, 1.807) is 76.2 Å². The van der Waals surface area contributed by atoms with Crippen LogP contribution in [-0.4, -0.2) is 41.5 Å². The SMILES string of the molecule is COc1ccc(C2=C(C)C3=C4C(=C5C(C)=C(c6ccc(OC)cc6)SC5(C)C3(C)S2)C(F)(F)C(F)(F)C4(F)F)cc1. The Balaban J connectivity index is 1.67. The average molecular weight is 609 g/mol. The highest BCUT2D eigenvalue weighted by molar-refractivity contribution is 8.14. The number of allylic oxidation sites excluding steroid dienone is 4. The summed E-state index contributed by atoms with van der Waals surface area (Å²) in [6, 6.07) is 13.8. The van der Waals surface area contributed by atoms with Crippen LogP contribution >= 0.6 is 23.5 Å². The molecule has 0 bridgehead atoms. The van der Waals surface area contributed by atoms with E-state index >= 15 is 26.3 Å². The monoisotopic (exact) mass is 608 g/mol. The largest absolute Gasteiger partial charge is 0.497 e. The standard InChI is InChI=1S/C31H26F6O2S2/c1-15-21-23-24(30(34,35)31(36,37)29(23,32)33)22-16(2)26(18-9-13-20(39-6)14-10-18)41-28(22,4)27(21,3)40-25(15)17-7-11-19(38-5)12-8-17/h7-14H,1-6H3. The summed E-state index contributed by atoms with van der Waals surface area (Å²) in [5.74, 6) is -14.6. The minimum absolute atomic E-state index is 0.146. The Kier molecular flexibility index (Phi) is 6.00. The molecule has 216 valence electrons. The zero-order valence-electron chi connectivity index (χ0n) is 23.0. The van der Waals surface area contributed by atoms with Crippen molar-refractivity contribution < 1.29 is 35.8 Å². The van der Waals surface area contributed by atoms with Crippen LogP contribution in [0.4, 0.5) is 26.3 Å². The molecule has 0 aromatic heterocycles. The van der Waals surface area contributed by atoms with Gasteiger partial charge in [0.05, 0.1) is 23.7 Å². The molecule has 2 heterocycles. The maximum absolute atomic E-state index is 15.8. The summed E-state index contributed by atoms with van der Waals surface area (Å²) in [6.07, 6.45) is 0. The maximum Gasteiger partial charge on any atom is 0.380 e. The molecule has 0 radical (unpaired) electrons. The number of rotatable bonds is 4. The van der Waals surface area contributed by atoms with E-state index in [4.69, 9.17) is 9.47 Å². The topological polar surface area (TPSA) is 18.5 Å². The van der Waals surface area contributed by atoms with E-state index < -0.39 is 38.4 Å². The third-order valence-electron chi connectivity index (χ3n) is 8.78. The number of hydrogen-bond donors (Lipinski definition) is 0. The Hall–Kier alpha value is -2.72. The number of fused-ring (bicyclic) bond motifs is 4. The molecule has 2 aliphatic carbocycles. The highest BCUT2D eigenvalue weighted by atomic mass is 32.2. The molecule has 2 aliphatic heterocycles. The first kappa shape index (κ1) is 28.4. The van der Waals surface area contributed by atoms with E-state index in [9.17, 15) is 0 Å². The van der Waals surface area contributed by atoms with Gasteiger partial charge >= 0.3 is 17.8 Å². The van der Waals surface area contributed by atoms with Gasteiger partial charge in [0.1, 0.15) is 11.5 Å². The number of benzene rings is 2. The second kappa shape index (κ2) is 8.66. The van der Waals surface area contributed by atoms with Crippen molar-refractivity contribution in [3.63, 3.8) is 0 Å². The maximum atomic E-state index is 15.8. The molecule has 2 atom stereocenters. The van der Waals surface area contributed by atoms with Crippen molar-refractivity contribution in [3.05, 3.63) is 93.1 Å². The highest BCUT2D eigenvalue weighted by Gasteiger charge is 2.84. The molecule has 0 amide bonds. The molecular formula is C31H26F6O2S2. The van der Waals surface area contributed by atoms with E-state index in [0.717, 1.165) is 0 Å². The van der Waals surface area contributed by atoms with Crippen LogP contribution in [0.1, 0.15) is 38.8 Å². The van der Waals surface area contributed by atoms with Gasteiger partial charge in [0.25, 0.3) is 0 Å². The van der Waals surface area contributed by atoms with Crippen molar-refractivity contribution in [1.82, 2.24) is 0 Å². The van der Waals surface area contributed by atoms with Gasteiger partial charge in [-0.05, 0) is 85.4 Å². The Morgan fingerprint density at radius 3 is 1.15 bits per heavy atom. The number of ether oxygens (including phenoxy) is 2. The van der Waals surface area contributed by atoms with Gasteiger partial charge in [0, 0.05) is 21.0 Å². The van der Waals surface area contributed by atoms with Gasteiger partial charge in [-0.1, -0.05) is 24.3 Å². The molecule has 2 aromatic rings. The summed E-state index contributed by atoms with van der Waals surface area (Å²) >= 11 is 2.52. The number of thioether (sulfide) groups is 2. The van der Waals surface area contributed by atoms with Crippen LogP contribution in [0.15, 0.2) is 82.0 Å². The number of alkyl halides is 6. The fourth-order valence-electron chi connectivity index (χ4n) is 6.55. The normalized spacial score (nSPS) is 29.2. The molecule has 0 spiro atoms. The lowest BCUT2D eigenvalue weighted by atomic mass is 9.68. The van der Waals surface area contributed by atoms with E-state index in [0.29, 0.717) is 43.6 Å². The second-order valence-electron chi connectivity index (χ2n) is 10.9. The number of methoxy groups -OCH3 is 2. The Labute approximate surface area is 242 Å². The van der Waals surface area contributed by atoms with Crippen LogP contribution in [0.25, 0.3) is 9.81 Å². The first-order valence-electron chi connectivity index (χ1n) is 12.8. The predicted molar refractivity (Wildman–Crippen MR) is 152 cm³/mol. The van der Waals surface area contributed by atoms with Crippen LogP contribution in [0, 0.1) is 0 Å². The molecule has 0 N–H and O–H groups in total. The molecule has 2 aromatic carbocycles. The molecule has 1 saturated carbocycles. The molecule has 2 unspecified atom stereocenters. The number of hydrogen-bond acceptors (Lipinski definition) is 4. The lowest BCUT2D eigenvalue weighted by Gasteiger charge is -2.48. The van der Waals surface area contributed by atoms with Gasteiger partial charge in [-0.3, -0.25) is 0 Å². The average Bonchev–Trinajstić information content (AvgIpc) is 3.41. The van der Waals surface area contributed by atoms with Crippen LogP contribution in [0.2, 0.25) is 0 Å². The molecule has 1 fully saturated rings. The summed E-state index contributed by atoms with van der Waals surface area (Å²) in [5.41, 5.74) is -0.878. The predicted octanol–water partition coefficient (Wildman–Crippen LogP) is 9.40. The summed E-state index contributed by atoms with van der Waals surface area (Å²) < 4.78 is 101. The molecule has 0 saturated heterocycles. The van der Waals surface area contributed by atoms with E-state index in [1.165, 1.54) is 37.7 Å². The van der Waals surface area contributed by atoms with Crippen molar-refractivity contribution in [2.24, 2.45) is 0 Å². The lowest BCUT2D eigenvalue weighted by Crippen LogP contribution is -2.49. The van der Waals surface area contributed by atoms with Crippen LogP contribution in [0.5, 0.6) is 11.5 Å². The van der Waals surface area contributed by atoms with Gasteiger partial charge in [-0.15, -0.1) is 23.5 Å². The van der Waals surface area contributed by atoms with Crippen LogP contribution < -0.4 is 9.47 Å². The molecule has 6 rings (SSSR count). The third kappa shape index (κ3) is 3.32. The van der Waals surface area contributed by atoms with Gasteiger partial charge in [0.2, 0.25) is 0 Å². The first-order chi connectivity index (χ1) is 19.1. The van der Waals surface area contributed by atoms with Crippen LogP contribution in [-0.2, 0) is 0 Å². The second-order valence-corrected chi connectivity index (χ2v) is 13.7. The summed E-state index contributed by atoms with van der Waals surface area (Å²) in [6.45, 7) is 6.53. The van der Waals surface area contributed by atoms with Crippen molar-refractivity contribution >= 4 is 33.3 Å². The smallest absolute Gasteiger partial charge is 0.380 e. The Bertz CT molecular complexity index is 1500. The first-order valence-corrected chi connectivity index (χ1v) is 14.5. The zero-order chi connectivity index (χ0) is 29.9. The number of halogens is 6. The quantitative estimate of drug-likeness (QED) is 0.322. The summed E-state index contributed by atoms with van der Waals surface area (Å²) in [5, 5.41) is 0. The Morgan fingerprint density at radius 1 is 0.537 bits per heavy atom. The van der Waals surface area contributed by atoms with Gasteiger partial charge < -0.3 is 9.47 Å². The van der Waals surface area contributed by atoms with Crippen molar-refractivity contribution in [2.45, 2.75) is 55.0 Å². The van der Waals surface area contributed by atoms with Crippen molar-refractivity contribution in [2.75, 3.05) is 14.2 Å². The van der Waals surface area contributed by atoms with Gasteiger partial charge in [-0.2, -0.15) is 26.3 Å². The molecular weight excluding hydrogens is 582 g/mol. The fraction of sp³-hybridized carbons (Fsp3) is 0.355. The van der Waals surface area contributed by atoms with Gasteiger partial charge in [-0.25, -0.2) is 0 Å². The minimum Gasteiger partial charge on any atom is -0.497 e. The minimum atomic E-state index is -5.60. The van der Waals surface area contributed by atoms with E-state index in [2.05, 4.69) is 0 Å². The summed E-state index contributed by atoms with van der Waals surface area (Å²) in [7, 11) is 3.02.